The maximum atomic E-state index is 13.2. The highest BCUT2D eigenvalue weighted by Crippen LogP contribution is 2.40. The summed E-state index contributed by atoms with van der Waals surface area (Å²) in [6.07, 6.45) is 0.337. The third-order valence-electron chi connectivity index (χ3n) is 4.40. The van der Waals surface area contributed by atoms with Crippen molar-refractivity contribution in [3.05, 3.63) is 61.8 Å². The lowest BCUT2D eigenvalue weighted by Crippen LogP contribution is -2.32. The number of amides is 1. The number of aliphatic hydroxyl groups is 2. The number of carbonyl (C=O) groups is 2. The maximum Gasteiger partial charge on any atom is 0.290 e. The topological polar surface area (TPSA) is 90.7 Å². The number of Topliss-reactive ketones (excluding diaryl/α,β-unsaturated/α-hetero) is 1. The summed E-state index contributed by atoms with van der Waals surface area (Å²) in [5.41, 5.74) is 1.27. The SMILES string of the molecule is Cc1nc(C)c(C(=O)C2=C(O)C(=O)N(CCCO)[C@H]2c2ccc(Cl)cc2)s1. The van der Waals surface area contributed by atoms with Gasteiger partial charge in [0, 0.05) is 18.2 Å². The number of thiazole rings is 1. The smallest absolute Gasteiger partial charge is 0.290 e. The van der Waals surface area contributed by atoms with E-state index in [2.05, 4.69) is 4.98 Å². The summed E-state index contributed by atoms with van der Waals surface area (Å²) in [5, 5.41) is 20.9. The van der Waals surface area contributed by atoms with Crippen LogP contribution in [0.5, 0.6) is 0 Å². The van der Waals surface area contributed by atoms with Gasteiger partial charge in [0.05, 0.1) is 27.2 Å². The average molecular weight is 407 g/mol. The van der Waals surface area contributed by atoms with Crippen LogP contribution >= 0.6 is 22.9 Å². The zero-order valence-electron chi connectivity index (χ0n) is 14.9. The Labute approximate surface area is 165 Å². The van der Waals surface area contributed by atoms with Gasteiger partial charge in [-0.15, -0.1) is 11.3 Å². The van der Waals surface area contributed by atoms with E-state index < -0.39 is 23.5 Å². The molecular formula is C19H19ClN2O4S. The van der Waals surface area contributed by atoms with Gasteiger partial charge in [0.15, 0.2) is 5.76 Å². The lowest BCUT2D eigenvalue weighted by Gasteiger charge is -2.26. The van der Waals surface area contributed by atoms with Crippen LogP contribution in [0.2, 0.25) is 5.02 Å². The van der Waals surface area contributed by atoms with Crippen molar-refractivity contribution in [2.45, 2.75) is 26.3 Å². The van der Waals surface area contributed by atoms with E-state index in [-0.39, 0.29) is 18.7 Å². The Morgan fingerprint density at radius 1 is 1.30 bits per heavy atom. The van der Waals surface area contributed by atoms with Crippen LogP contribution < -0.4 is 0 Å². The number of carbonyl (C=O) groups excluding carboxylic acids is 2. The van der Waals surface area contributed by atoms with Crippen LogP contribution in [-0.4, -0.2) is 44.9 Å². The Kier molecular flexibility index (Phi) is 5.64. The molecule has 1 amide bonds. The van der Waals surface area contributed by atoms with E-state index in [4.69, 9.17) is 16.7 Å². The van der Waals surface area contributed by atoms with Gasteiger partial charge in [-0.2, -0.15) is 0 Å². The quantitative estimate of drug-likeness (QED) is 0.717. The van der Waals surface area contributed by atoms with Gasteiger partial charge in [0.1, 0.15) is 0 Å². The summed E-state index contributed by atoms with van der Waals surface area (Å²) in [5.74, 6) is -1.58. The van der Waals surface area contributed by atoms with E-state index in [1.54, 1.807) is 38.1 Å². The molecular weight excluding hydrogens is 388 g/mol. The summed E-state index contributed by atoms with van der Waals surface area (Å²) >= 11 is 7.20. The minimum absolute atomic E-state index is 0.0343. The monoisotopic (exact) mass is 406 g/mol. The molecule has 2 N–H and O–H groups in total. The third kappa shape index (κ3) is 3.63. The van der Waals surface area contributed by atoms with Crippen molar-refractivity contribution in [2.24, 2.45) is 0 Å². The minimum Gasteiger partial charge on any atom is -0.503 e. The first-order valence-corrected chi connectivity index (χ1v) is 9.63. The Bertz CT molecular complexity index is 920. The molecule has 0 aliphatic carbocycles. The molecule has 6 nitrogen and oxygen atoms in total. The summed E-state index contributed by atoms with van der Waals surface area (Å²) in [6, 6.07) is 6.05. The number of aliphatic hydroxyl groups excluding tert-OH is 2. The Morgan fingerprint density at radius 3 is 2.52 bits per heavy atom. The summed E-state index contributed by atoms with van der Waals surface area (Å²) in [6.45, 7) is 3.64. The summed E-state index contributed by atoms with van der Waals surface area (Å²) in [7, 11) is 0. The second kappa shape index (κ2) is 7.80. The second-order valence-electron chi connectivity index (χ2n) is 6.27. The largest absolute Gasteiger partial charge is 0.503 e. The van der Waals surface area contributed by atoms with Crippen LogP contribution in [0.15, 0.2) is 35.6 Å². The molecule has 27 heavy (non-hydrogen) atoms. The molecule has 0 fully saturated rings. The van der Waals surface area contributed by atoms with Crippen molar-refractivity contribution < 1.29 is 19.8 Å². The number of aryl methyl sites for hydroxylation is 2. The highest BCUT2D eigenvalue weighted by Gasteiger charge is 2.44. The normalized spacial score (nSPS) is 17.1. The first-order chi connectivity index (χ1) is 12.8. The predicted octanol–water partition coefficient (Wildman–Crippen LogP) is 3.37. The molecule has 3 rings (SSSR count). The molecule has 0 spiro atoms. The van der Waals surface area contributed by atoms with Crippen molar-refractivity contribution in [1.82, 2.24) is 9.88 Å². The van der Waals surface area contributed by atoms with E-state index in [0.717, 1.165) is 5.01 Å². The Hall–Kier alpha value is -2.22. The van der Waals surface area contributed by atoms with E-state index in [1.165, 1.54) is 16.2 Å². The molecule has 1 aromatic carbocycles. The van der Waals surface area contributed by atoms with Crippen LogP contribution in [0.3, 0.4) is 0 Å². The molecule has 8 heteroatoms. The predicted molar refractivity (Wildman–Crippen MR) is 103 cm³/mol. The average Bonchev–Trinajstić information content (AvgIpc) is 3.10. The summed E-state index contributed by atoms with van der Waals surface area (Å²) < 4.78 is 0. The van der Waals surface area contributed by atoms with Crippen LogP contribution in [0, 0.1) is 13.8 Å². The van der Waals surface area contributed by atoms with Gasteiger partial charge < -0.3 is 15.1 Å². The number of nitrogens with zero attached hydrogens (tertiary/aromatic N) is 2. The molecule has 1 aliphatic heterocycles. The number of aromatic nitrogens is 1. The van der Waals surface area contributed by atoms with E-state index >= 15 is 0 Å². The number of halogens is 1. The number of hydrogen-bond donors (Lipinski definition) is 2. The van der Waals surface area contributed by atoms with Gasteiger partial charge in [-0.05, 0) is 38.0 Å². The zero-order chi connectivity index (χ0) is 19.7. The van der Waals surface area contributed by atoms with Gasteiger partial charge in [0.25, 0.3) is 5.91 Å². The Morgan fingerprint density at radius 2 is 1.96 bits per heavy atom. The van der Waals surface area contributed by atoms with Gasteiger partial charge in [-0.1, -0.05) is 23.7 Å². The number of ketones is 1. The lowest BCUT2D eigenvalue weighted by molar-refractivity contribution is -0.129. The zero-order valence-corrected chi connectivity index (χ0v) is 16.5. The fourth-order valence-corrected chi connectivity index (χ4v) is 4.21. The van der Waals surface area contributed by atoms with Crippen LogP contribution in [0.25, 0.3) is 0 Å². The highest BCUT2D eigenvalue weighted by molar-refractivity contribution is 7.14. The molecule has 0 radical (unpaired) electrons. The first kappa shape index (κ1) is 19.5. The first-order valence-electron chi connectivity index (χ1n) is 8.44. The highest BCUT2D eigenvalue weighted by atomic mass is 35.5. The maximum absolute atomic E-state index is 13.2. The van der Waals surface area contributed by atoms with Crippen molar-refractivity contribution in [3.63, 3.8) is 0 Å². The van der Waals surface area contributed by atoms with E-state index in [1.807, 2.05) is 0 Å². The number of benzene rings is 1. The van der Waals surface area contributed by atoms with Crippen molar-refractivity contribution in [3.8, 4) is 0 Å². The van der Waals surface area contributed by atoms with Crippen LogP contribution in [0.4, 0.5) is 0 Å². The second-order valence-corrected chi connectivity index (χ2v) is 7.91. The fraction of sp³-hybridized carbons (Fsp3) is 0.316. The van der Waals surface area contributed by atoms with Crippen LogP contribution in [0.1, 0.15) is 38.4 Å². The molecule has 0 unspecified atom stereocenters. The molecule has 0 saturated heterocycles. The van der Waals surface area contributed by atoms with Gasteiger partial charge in [-0.25, -0.2) is 4.98 Å². The lowest BCUT2D eigenvalue weighted by atomic mass is 9.95. The van der Waals surface area contributed by atoms with Gasteiger partial charge in [0.2, 0.25) is 5.78 Å². The van der Waals surface area contributed by atoms with Gasteiger partial charge in [-0.3, -0.25) is 9.59 Å². The molecule has 2 aromatic rings. The Balaban J connectivity index is 2.10. The molecule has 0 bridgehead atoms. The standard InChI is InChI=1S/C19H19ClN2O4S/c1-10-18(27-11(2)21-10)16(24)14-15(12-4-6-13(20)7-5-12)22(8-3-9-23)19(26)17(14)25/h4-7,15,23,25H,3,8-9H2,1-2H3/t15-/m0/s1. The van der Waals surface area contributed by atoms with Crippen molar-refractivity contribution in [2.75, 3.05) is 13.2 Å². The molecule has 1 aliphatic rings. The molecule has 2 heterocycles. The fourth-order valence-electron chi connectivity index (χ4n) is 3.21. The number of hydrogen-bond acceptors (Lipinski definition) is 6. The van der Waals surface area contributed by atoms with Crippen molar-refractivity contribution in [1.29, 1.82) is 0 Å². The number of rotatable bonds is 6. The van der Waals surface area contributed by atoms with Crippen molar-refractivity contribution >= 4 is 34.6 Å². The minimum atomic E-state index is -0.740. The molecule has 1 aromatic heterocycles. The summed E-state index contributed by atoms with van der Waals surface area (Å²) in [4.78, 5) is 31.9. The van der Waals surface area contributed by atoms with E-state index in [9.17, 15) is 14.7 Å². The van der Waals surface area contributed by atoms with Gasteiger partial charge >= 0.3 is 0 Å². The molecule has 0 saturated carbocycles. The van der Waals surface area contributed by atoms with E-state index in [0.29, 0.717) is 27.6 Å². The third-order valence-corrected chi connectivity index (χ3v) is 5.72. The van der Waals surface area contributed by atoms with Crippen LogP contribution in [-0.2, 0) is 4.79 Å². The molecule has 1 atom stereocenters. The molecule has 142 valence electrons.